The summed E-state index contributed by atoms with van der Waals surface area (Å²) in [5.41, 5.74) is -0.473. The van der Waals surface area contributed by atoms with Crippen molar-refractivity contribution in [3.63, 3.8) is 0 Å². The molecule has 0 aromatic carbocycles. The van der Waals surface area contributed by atoms with E-state index < -0.39 is 5.60 Å². The zero-order chi connectivity index (χ0) is 23.3. The number of carbonyl (C=O) groups excluding carboxylic acids is 1. The highest BCUT2D eigenvalue weighted by Crippen LogP contribution is 2.69. The van der Waals surface area contributed by atoms with Gasteiger partial charge in [-0.1, -0.05) is 53.9 Å². The summed E-state index contributed by atoms with van der Waals surface area (Å²) in [6.07, 6.45) is 14.1. The zero-order valence-electron chi connectivity index (χ0n) is 21.8. The van der Waals surface area contributed by atoms with Gasteiger partial charge >= 0.3 is 5.97 Å². The van der Waals surface area contributed by atoms with Crippen LogP contribution in [0, 0.1) is 46.3 Å². The first-order valence-corrected chi connectivity index (χ1v) is 13.9. The molecule has 4 aliphatic rings. The Balaban J connectivity index is 1.51. The third kappa shape index (κ3) is 3.87. The molecule has 0 bridgehead atoms. The van der Waals surface area contributed by atoms with Gasteiger partial charge in [-0.25, -0.2) is 0 Å². The molecule has 0 heterocycles. The van der Waals surface area contributed by atoms with Gasteiger partial charge in [-0.2, -0.15) is 0 Å². The van der Waals surface area contributed by atoms with Crippen LogP contribution in [0.1, 0.15) is 119 Å². The summed E-state index contributed by atoms with van der Waals surface area (Å²) in [4.78, 5) is 11.8. The normalized spacial score (nSPS) is 46.8. The number of aliphatic hydroxyl groups is 1. The molecule has 0 spiro atoms. The number of esters is 1. The number of rotatable bonds is 6. The lowest BCUT2D eigenvalue weighted by Gasteiger charge is -2.64. The van der Waals surface area contributed by atoms with E-state index in [1.165, 1.54) is 51.9 Å². The van der Waals surface area contributed by atoms with Crippen molar-refractivity contribution in [1.82, 2.24) is 0 Å². The molecule has 0 saturated heterocycles. The molecule has 4 rings (SSSR count). The highest BCUT2D eigenvalue weighted by molar-refractivity contribution is 5.66. The van der Waals surface area contributed by atoms with Crippen molar-refractivity contribution in [2.45, 2.75) is 130 Å². The van der Waals surface area contributed by atoms with Crippen molar-refractivity contribution < 1.29 is 14.6 Å². The van der Waals surface area contributed by atoms with Crippen molar-refractivity contribution in [2.24, 2.45) is 46.3 Å². The molecule has 0 aliphatic heterocycles. The summed E-state index contributed by atoms with van der Waals surface area (Å²) in [6.45, 7) is 13.7. The van der Waals surface area contributed by atoms with Crippen molar-refractivity contribution >= 4 is 5.97 Å². The summed E-state index contributed by atoms with van der Waals surface area (Å²) < 4.78 is 5.73. The number of hydrogen-bond acceptors (Lipinski definition) is 3. The van der Waals surface area contributed by atoms with Gasteiger partial charge < -0.3 is 9.84 Å². The van der Waals surface area contributed by atoms with Gasteiger partial charge in [-0.05, 0) is 98.7 Å². The van der Waals surface area contributed by atoms with Gasteiger partial charge in [0.15, 0.2) is 0 Å². The Kier molecular flexibility index (Phi) is 6.83. The largest absolute Gasteiger partial charge is 0.459 e. The quantitative estimate of drug-likeness (QED) is 0.440. The minimum absolute atomic E-state index is 0.115. The van der Waals surface area contributed by atoms with E-state index in [2.05, 4.69) is 34.6 Å². The van der Waals surface area contributed by atoms with E-state index in [1.54, 1.807) is 0 Å². The molecular formula is C29H50O3. The lowest BCUT2D eigenvalue weighted by atomic mass is 9.42. The third-order valence-electron chi connectivity index (χ3n) is 11.3. The zero-order valence-corrected chi connectivity index (χ0v) is 21.8. The van der Waals surface area contributed by atoms with Crippen LogP contribution in [-0.4, -0.2) is 22.8 Å². The molecule has 0 radical (unpaired) electrons. The molecule has 0 amide bonds. The maximum atomic E-state index is 12.0. The lowest BCUT2D eigenvalue weighted by molar-refractivity contribution is -0.252. The van der Waals surface area contributed by atoms with Crippen LogP contribution in [0.5, 0.6) is 0 Å². The SMILES string of the molecule is CC(=O)OC1CCCC2(C)C3CCC4(C)C(C(C)CCCC(C)C)CCC4C3CCC12O. The average molecular weight is 447 g/mol. The Morgan fingerprint density at radius 2 is 1.72 bits per heavy atom. The molecule has 4 saturated carbocycles. The Bertz CT molecular complexity index is 688. The number of carbonyl (C=O) groups is 1. The first kappa shape index (κ1) is 24.6. The molecule has 32 heavy (non-hydrogen) atoms. The Morgan fingerprint density at radius 3 is 2.41 bits per heavy atom. The molecule has 3 heteroatoms. The minimum atomic E-state index is -0.839. The highest BCUT2D eigenvalue weighted by Gasteiger charge is 2.66. The van der Waals surface area contributed by atoms with Crippen LogP contribution in [0.4, 0.5) is 0 Å². The monoisotopic (exact) mass is 446 g/mol. The van der Waals surface area contributed by atoms with Crippen LogP contribution in [0.2, 0.25) is 0 Å². The van der Waals surface area contributed by atoms with Gasteiger partial charge in [0.2, 0.25) is 0 Å². The molecule has 4 aliphatic carbocycles. The third-order valence-corrected chi connectivity index (χ3v) is 11.3. The summed E-state index contributed by atoms with van der Waals surface area (Å²) in [5, 5.41) is 12.0. The molecule has 9 unspecified atom stereocenters. The van der Waals surface area contributed by atoms with Gasteiger partial charge in [-0.3, -0.25) is 4.79 Å². The van der Waals surface area contributed by atoms with Crippen LogP contribution >= 0.6 is 0 Å². The second kappa shape index (κ2) is 8.90. The molecule has 0 aromatic heterocycles. The maximum Gasteiger partial charge on any atom is 0.303 e. The summed E-state index contributed by atoms with van der Waals surface area (Å²) >= 11 is 0. The van der Waals surface area contributed by atoms with Crippen molar-refractivity contribution in [3.05, 3.63) is 0 Å². The van der Waals surface area contributed by atoms with Gasteiger partial charge in [0.25, 0.3) is 0 Å². The van der Waals surface area contributed by atoms with E-state index in [-0.39, 0.29) is 17.5 Å². The van der Waals surface area contributed by atoms with E-state index in [1.807, 2.05) is 0 Å². The topological polar surface area (TPSA) is 46.5 Å². The minimum Gasteiger partial charge on any atom is -0.459 e. The fraction of sp³-hybridized carbons (Fsp3) is 0.966. The van der Waals surface area contributed by atoms with E-state index in [0.717, 1.165) is 61.7 Å². The van der Waals surface area contributed by atoms with Crippen LogP contribution < -0.4 is 0 Å². The first-order chi connectivity index (χ1) is 15.0. The predicted octanol–water partition coefficient (Wildman–Crippen LogP) is 7.15. The predicted molar refractivity (Wildman–Crippen MR) is 130 cm³/mol. The number of hydrogen-bond donors (Lipinski definition) is 1. The fourth-order valence-corrected chi connectivity index (χ4v) is 9.68. The fourth-order valence-electron chi connectivity index (χ4n) is 9.68. The van der Waals surface area contributed by atoms with Crippen LogP contribution in [0.25, 0.3) is 0 Å². The van der Waals surface area contributed by atoms with Gasteiger partial charge in [0.1, 0.15) is 11.7 Å². The van der Waals surface area contributed by atoms with Gasteiger partial charge in [-0.15, -0.1) is 0 Å². The van der Waals surface area contributed by atoms with Crippen molar-refractivity contribution in [2.75, 3.05) is 0 Å². The second-order valence-electron chi connectivity index (χ2n) is 13.3. The van der Waals surface area contributed by atoms with Crippen molar-refractivity contribution in [1.29, 1.82) is 0 Å². The molecule has 3 nitrogen and oxygen atoms in total. The Morgan fingerprint density at radius 1 is 0.969 bits per heavy atom. The van der Waals surface area contributed by atoms with Crippen LogP contribution in [0.3, 0.4) is 0 Å². The lowest BCUT2D eigenvalue weighted by Crippen LogP contribution is -2.66. The van der Waals surface area contributed by atoms with E-state index in [9.17, 15) is 9.90 Å². The Hall–Kier alpha value is -0.570. The molecule has 9 atom stereocenters. The van der Waals surface area contributed by atoms with E-state index >= 15 is 0 Å². The second-order valence-corrected chi connectivity index (χ2v) is 13.3. The van der Waals surface area contributed by atoms with Crippen LogP contribution in [-0.2, 0) is 9.53 Å². The van der Waals surface area contributed by atoms with E-state index in [4.69, 9.17) is 4.74 Å². The van der Waals surface area contributed by atoms with E-state index in [0.29, 0.717) is 11.3 Å². The van der Waals surface area contributed by atoms with Gasteiger partial charge in [0.05, 0.1) is 0 Å². The molecule has 1 N–H and O–H groups in total. The van der Waals surface area contributed by atoms with Gasteiger partial charge in [0, 0.05) is 12.3 Å². The molecule has 0 aromatic rings. The smallest absolute Gasteiger partial charge is 0.303 e. The number of ether oxygens (including phenoxy) is 1. The highest BCUT2D eigenvalue weighted by atomic mass is 16.6. The first-order valence-electron chi connectivity index (χ1n) is 13.9. The number of fused-ring (bicyclic) bond motifs is 5. The standard InChI is InChI=1S/C29H50O3/c1-19(2)9-7-10-20(3)23-12-13-24-22-14-18-29(31)26(32-21(4)30)11-8-16-28(29,6)25(22)15-17-27(23,24)5/h19-20,22-26,31H,7-18H2,1-6H3. The Labute approximate surface area is 197 Å². The summed E-state index contributed by atoms with van der Waals surface area (Å²) in [7, 11) is 0. The molecule has 184 valence electrons. The molecular weight excluding hydrogens is 396 g/mol. The summed E-state index contributed by atoms with van der Waals surface area (Å²) in [5.74, 6) is 4.41. The summed E-state index contributed by atoms with van der Waals surface area (Å²) in [6, 6.07) is 0. The van der Waals surface area contributed by atoms with Crippen molar-refractivity contribution in [3.8, 4) is 0 Å². The van der Waals surface area contributed by atoms with Crippen LogP contribution in [0.15, 0.2) is 0 Å². The molecule has 4 fully saturated rings. The average Bonchev–Trinajstić information content (AvgIpc) is 3.06. The maximum absolute atomic E-state index is 12.0.